The van der Waals surface area contributed by atoms with Gasteiger partial charge in [-0.25, -0.2) is 9.59 Å². The minimum absolute atomic E-state index is 0.0885. The zero-order valence-electron chi connectivity index (χ0n) is 16.1. The van der Waals surface area contributed by atoms with Crippen LogP contribution in [0.4, 0.5) is 4.79 Å². The summed E-state index contributed by atoms with van der Waals surface area (Å²) in [5.41, 5.74) is 1.50. The van der Waals surface area contributed by atoms with E-state index >= 15 is 0 Å². The molecule has 1 fully saturated rings. The average molecular weight is 371 g/mol. The van der Waals surface area contributed by atoms with Crippen LogP contribution in [-0.4, -0.2) is 52.0 Å². The van der Waals surface area contributed by atoms with Crippen LogP contribution in [0.5, 0.6) is 0 Å². The van der Waals surface area contributed by atoms with Gasteiger partial charge in [-0.15, -0.1) is 0 Å². The monoisotopic (exact) mass is 371 g/mol. The van der Waals surface area contributed by atoms with E-state index in [1.807, 2.05) is 51.1 Å². The summed E-state index contributed by atoms with van der Waals surface area (Å²) in [5.74, 6) is -0.412. The molecule has 27 heavy (non-hydrogen) atoms. The van der Waals surface area contributed by atoms with Gasteiger partial charge in [-0.1, -0.05) is 30.3 Å². The molecule has 2 aromatic rings. The highest BCUT2D eigenvalue weighted by Crippen LogP contribution is 2.30. The molecule has 0 saturated carbocycles. The highest BCUT2D eigenvalue weighted by molar-refractivity contribution is 5.95. The van der Waals surface area contributed by atoms with Crippen LogP contribution in [0.25, 0.3) is 11.1 Å². The molecule has 0 N–H and O–H groups in total. The van der Waals surface area contributed by atoms with E-state index < -0.39 is 11.6 Å². The number of hydrogen-bond donors (Lipinski definition) is 0. The van der Waals surface area contributed by atoms with Gasteiger partial charge in [-0.3, -0.25) is 4.68 Å². The number of rotatable bonds is 4. The molecule has 0 bridgehead atoms. The molecule has 1 aliphatic heterocycles. The Morgan fingerprint density at radius 1 is 1.19 bits per heavy atom. The largest absolute Gasteiger partial charge is 0.461 e. The summed E-state index contributed by atoms with van der Waals surface area (Å²) >= 11 is 0. The van der Waals surface area contributed by atoms with Crippen LogP contribution in [0.3, 0.4) is 0 Å². The van der Waals surface area contributed by atoms with E-state index in [4.69, 9.17) is 9.47 Å². The summed E-state index contributed by atoms with van der Waals surface area (Å²) in [6.07, 6.45) is 1.32. The third-order valence-corrected chi connectivity index (χ3v) is 4.21. The molecule has 0 radical (unpaired) electrons. The first kappa shape index (κ1) is 18.9. The molecule has 0 aliphatic carbocycles. The average Bonchev–Trinajstić information content (AvgIpc) is 2.97. The number of amides is 1. The Bertz CT molecular complexity index is 817. The van der Waals surface area contributed by atoms with Gasteiger partial charge in [0, 0.05) is 18.7 Å². The van der Waals surface area contributed by atoms with Gasteiger partial charge in [0.2, 0.25) is 0 Å². The maximum atomic E-state index is 12.6. The van der Waals surface area contributed by atoms with Crippen molar-refractivity contribution in [3.8, 4) is 11.1 Å². The Morgan fingerprint density at radius 3 is 2.44 bits per heavy atom. The minimum Gasteiger partial charge on any atom is -0.461 e. The summed E-state index contributed by atoms with van der Waals surface area (Å²) in [6, 6.07) is 9.51. The van der Waals surface area contributed by atoms with Crippen molar-refractivity contribution in [3.63, 3.8) is 0 Å². The van der Waals surface area contributed by atoms with E-state index in [0.717, 1.165) is 11.1 Å². The second-order valence-electron chi connectivity index (χ2n) is 7.48. The third kappa shape index (κ3) is 4.13. The number of hydrogen-bond acceptors (Lipinski definition) is 5. The third-order valence-electron chi connectivity index (χ3n) is 4.21. The van der Waals surface area contributed by atoms with Gasteiger partial charge in [0.25, 0.3) is 0 Å². The first-order chi connectivity index (χ1) is 12.8. The van der Waals surface area contributed by atoms with Gasteiger partial charge in [-0.2, -0.15) is 5.10 Å². The van der Waals surface area contributed by atoms with Gasteiger partial charge in [0.1, 0.15) is 5.60 Å². The van der Waals surface area contributed by atoms with E-state index in [1.165, 1.54) is 0 Å². The molecule has 1 aromatic heterocycles. The van der Waals surface area contributed by atoms with E-state index in [2.05, 4.69) is 5.10 Å². The molecular weight excluding hydrogens is 346 g/mol. The highest BCUT2D eigenvalue weighted by Gasteiger charge is 2.38. The van der Waals surface area contributed by atoms with Crippen LogP contribution in [0.2, 0.25) is 0 Å². The smallest absolute Gasteiger partial charge is 0.410 e. The molecule has 0 unspecified atom stereocenters. The maximum Gasteiger partial charge on any atom is 0.410 e. The van der Waals surface area contributed by atoms with Crippen molar-refractivity contribution in [1.29, 1.82) is 0 Å². The van der Waals surface area contributed by atoms with Gasteiger partial charge in [-0.05, 0) is 33.3 Å². The lowest BCUT2D eigenvalue weighted by Crippen LogP contribution is -2.52. The van der Waals surface area contributed by atoms with E-state index in [9.17, 15) is 9.59 Å². The number of benzene rings is 1. The summed E-state index contributed by atoms with van der Waals surface area (Å²) in [7, 11) is 0. The fourth-order valence-electron chi connectivity index (χ4n) is 2.96. The number of aromatic nitrogens is 2. The summed E-state index contributed by atoms with van der Waals surface area (Å²) in [6.45, 7) is 8.44. The van der Waals surface area contributed by atoms with Gasteiger partial charge < -0.3 is 14.4 Å². The molecule has 3 rings (SSSR count). The van der Waals surface area contributed by atoms with Crippen LogP contribution < -0.4 is 0 Å². The lowest BCUT2D eigenvalue weighted by atomic mass is 10.1. The van der Waals surface area contributed by atoms with Crippen LogP contribution in [0.15, 0.2) is 36.5 Å². The van der Waals surface area contributed by atoms with Crippen LogP contribution >= 0.6 is 0 Å². The molecule has 1 aromatic carbocycles. The quantitative estimate of drug-likeness (QED) is 0.769. The predicted octanol–water partition coefficient (Wildman–Crippen LogP) is 3.52. The number of carbonyl (C=O) groups excluding carboxylic acids is 2. The highest BCUT2D eigenvalue weighted by atomic mass is 16.6. The van der Waals surface area contributed by atoms with Crippen molar-refractivity contribution >= 4 is 12.1 Å². The zero-order chi connectivity index (χ0) is 19.6. The standard InChI is InChI=1S/C20H25N3O4/c1-5-26-18(24)17-16(14-9-7-6-8-10-14)11-21-23(17)15-12-22(13-15)19(25)27-20(2,3)4/h6-11,15H,5,12-13H2,1-4H3. The number of likely N-dealkylation sites (tertiary alicyclic amines) is 1. The van der Waals surface area contributed by atoms with Crippen LogP contribution in [-0.2, 0) is 9.47 Å². The Hall–Kier alpha value is -2.83. The Morgan fingerprint density at radius 2 is 1.85 bits per heavy atom. The van der Waals surface area contributed by atoms with E-state index in [-0.39, 0.29) is 18.7 Å². The van der Waals surface area contributed by atoms with Crippen molar-refractivity contribution in [2.24, 2.45) is 0 Å². The number of nitrogens with zero attached hydrogens (tertiary/aromatic N) is 3. The predicted molar refractivity (Wildman–Crippen MR) is 100 cm³/mol. The molecule has 0 atom stereocenters. The van der Waals surface area contributed by atoms with Gasteiger partial charge in [0.05, 0.1) is 18.8 Å². The van der Waals surface area contributed by atoms with Gasteiger partial charge >= 0.3 is 12.1 Å². The topological polar surface area (TPSA) is 73.7 Å². The van der Waals surface area contributed by atoms with Crippen molar-refractivity contribution in [3.05, 3.63) is 42.2 Å². The Labute approximate surface area is 158 Å². The van der Waals surface area contributed by atoms with E-state index in [0.29, 0.717) is 18.8 Å². The molecule has 1 aliphatic rings. The van der Waals surface area contributed by atoms with Crippen LogP contribution in [0.1, 0.15) is 44.2 Å². The number of esters is 1. The molecule has 144 valence electrons. The Kier molecular flexibility index (Phi) is 5.21. The van der Waals surface area contributed by atoms with Crippen molar-refractivity contribution in [2.75, 3.05) is 19.7 Å². The lowest BCUT2D eigenvalue weighted by Gasteiger charge is -2.40. The SMILES string of the molecule is CCOC(=O)c1c(-c2ccccc2)cnn1C1CN(C(=O)OC(C)(C)C)C1. The first-order valence-electron chi connectivity index (χ1n) is 9.08. The van der Waals surface area contributed by atoms with Crippen molar-refractivity contribution < 1.29 is 19.1 Å². The molecule has 1 saturated heterocycles. The van der Waals surface area contributed by atoms with Crippen LogP contribution in [0, 0.1) is 0 Å². The van der Waals surface area contributed by atoms with Crippen molar-refractivity contribution in [2.45, 2.75) is 39.3 Å². The fraction of sp³-hybridized carbons (Fsp3) is 0.450. The molecule has 7 nitrogen and oxygen atoms in total. The van der Waals surface area contributed by atoms with Gasteiger partial charge in [0.15, 0.2) is 5.69 Å². The zero-order valence-corrected chi connectivity index (χ0v) is 16.1. The minimum atomic E-state index is -0.537. The molecule has 0 spiro atoms. The second kappa shape index (κ2) is 7.42. The summed E-state index contributed by atoms with van der Waals surface area (Å²) in [4.78, 5) is 26.3. The lowest BCUT2D eigenvalue weighted by molar-refractivity contribution is -0.000959. The maximum absolute atomic E-state index is 12.6. The second-order valence-corrected chi connectivity index (χ2v) is 7.48. The fourth-order valence-corrected chi connectivity index (χ4v) is 2.96. The normalized spacial score (nSPS) is 14.6. The molecule has 1 amide bonds. The molecular formula is C20H25N3O4. The summed E-state index contributed by atoms with van der Waals surface area (Å²) in [5, 5.41) is 4.42. The first-order valence-corrected chi connectivity index (χ1v) is 9.08. The molecule has 2 heterocycles. The molecule has 7 heteroatoms. The summed E-state index contributed by atoms with van der Waals surface area (Å²) < 4.78 is 12.3. The Balaban J connectivity index is 1.82. The number of ether oxygens (including phenoxy) is 2. The van der Waals surface area contributed by atoms with E-state index in [1.54, 1.807) is 22.7 Å². The number of carbonyl (C=O) groups is 2. The van der Waals surface area contributed by atoms with Crippen molar-refractivity contribution in [1.82, 2.24) is 14.7 Å².